The van der Waals surface area contributed by atoms with Gasteiger partial charge in [0.1, 0.15) is 0 Å². The van der Waals surface area contributed by atoms with Crippen LogP contribution in [-0.4, -0.2) is 24.1 Å². The third kappa shape index (κ3) is 5.09. The van der Waals surface area contributed by atoms with Crippen molar-refractivity contribution in [3.8, 4) is 0 Å². The molecule has 0 aliphatic rings. The quantitative estimate of drug-likeness (QED) is 0.466. The van der Waals surface area contributed by atoms with E-state index < -0.39 is 11.9 Å². The molecule has 0 radical (unpaired) electrons. The molecular weight excluding hydrogens is 248 g/mol. The lowest BCUT2D eigenvalue weighted by Gasteiger charge is -2.08. The number of ether oxygens (including phenoxy) is 1. The van der Waals surface area contributed by atoms with E-state index in [0.29, 0.717) is 11.1 Å². The maximum atomic E-state index is 11.6. The summed E-state index contributed by atoms with van der Waals surface area (Å²) in [6.07, 6.45) is -0.388. The molecule has 1 aromatic rings. The fraction of sp³-hybridized carbons (Fsp3) is 0.429. The van der Waals surface area contributed by atoms with E-state index in [-0.39, 0.29) is 12.2 Å². The van der Waals surface area contributed by atoms with Gasteiger partial charge >= 0.3 is 11.9 Å². The van der Waals surface area contributed by atoms with E-state index in [0.717, 1.165) is 0 Å². The van der Waals surface area contributed by atoms with Gasteiger partial charge in [0, 0.05) is 0 Å². The Morgan fingerprint density at radius 3 is 1.74 bits per heavy atom. The van der Waals surface area contributed by atoms with Gasteiger partial charge in [-0.2, -0.15) is 4.89 Å². The highest BCUT2D eigenvalue weighted by molar-refractivity contribution is 5.93. The van der Waals surface area contributed by atoms with Crippen LogP contribution in [0.2, 0.25) is 0 Å². The minimum absolute atomic E-state index is 0.184. The Morgan fingerprint density at radius 2 is 1.32 bits per heavy atom. The van der Waals surface area contributed by atoms with Gasteiger partial charge in [0.15, 0.2) is 0 Å². The van der Waals surface area contributed by atoms with Crippen molar-refractivity contribution in [3.05, 3.63) is 35.4 Å². The molecule has 0 bridgehead atoms. The maximum Gasteiger partial charge on any atom is 0.373 e. The zero-order chi connectivity index (χ0) is 14.4. The monoisotopic (exact) mass is 266 g/mol. The summed E-state index contributed by atoms with van der Waals surface area (Å²) in [5.74, 6) is -1.02. The Bertz CT molecular complexity index is 434. The number of carbonyl (C=O) groups excluding carboxylic acids is 2. The Balaban J connectivity index is 2.65. The van der Waals surface area contributed by atoms with Crippen molar-refractivity contribution in [3.63, 3.8) is 0 Å². The van der Waals surface area contributed by atoms with Gasteiger partial charge in [-0.25, -0.2) is 9.59 Å². The Labute approximate surface area is 112 Å². The molecule has 5 nitrogen and oxygen atoms in total. The van der Waals surface area contributed by atoms with Crippen molar-refractivity contribution >= 4 is 11.9 Å². The highest BCUT2D eigenvalue weighted by Crippen LogP contribution is 2.09. The molecule has 0 fully saturated rings. The zero-order valence-corrected chi connectivity index (χ0v) is 11.5. The van der Waals surface area contributed by atoms with Gasteiger partial charge in [-0.3, -0.25) is 4.89 Å². The molecule has 0 unspecified atom stereocenters. The molecule has 0 saturated carbocycles. The molecular formula is C14H18O5. The van der Waals surface area contributed by atoms with E-state index >= 15 is 0 Å². The van der Waals surface area contributed by atoms with Crippen LogP contribution in [-0.2, 0) is 14.5 Å². The van der Waals surface area contributed by atoms with Crippen molar-refractivity contribution in [1.82, 2.24) is 0 Å². The molecule has 0 aliphatic carbocycles. The van der Waals surface area contributed by atoms with E-state index in [4.69, 9.17) is 9.62 Å². The van der Waals surface area contributed by atoms with Crippen LogP contribution in [0.25, 0.3) is 0 Å². The molecule has 104 valence electrons. The summed E-state index contributed by atoms with van der Waals surface area (Å²) in [6, 6.07) is 6.00. The smallest absolute Gasteiger partial charge is 0.373 e. The summed E-state index contributed by atoms with van der Waals surface area (Å²) < 4.78 is 5.04. The van der Waals surface area contributed by atoms with Gasteiger partial charge < -0.3 is 4.74 Å². The third-order valence-electron chi connectivity index (χ3n) is 2.02. The molecule has 0 saturated heterocycles. The van der Waals surface area contributed by atoms with Crippen molar-refractivity contribution < 1.29 is 24.1 Å². The number of esters is 1. The topological polar surface area (TPSA) is 61.8 Å². The van der Waals surface area contributed by atoms with Crippen LogP contribution >= 0.6 is 0 Å². The summed E-state index contributed by atoms with van der Waals surface area (Å²) in [5, 5.41) is 0. The van der Waals surface area contributed by atoms with Crippen LogP contribution in [0.15, 0.2) is 24.3 Å². The number of rotatable bonds is 5. The van der Waals surface area contributed by atoms with E-state index in [9.17, 15) is 9.59 Å². The SMILES string of the molecule is CC(C)OOC(=O)c1ccc(C(=O)OC(C)C)cc1. The van der Waals surface area contributed by atoms with Gasteiger partial charge in [-0.1, -0.05) is 0 Å². The Morgan fingerprint density at radius 1 is 0.842 bits per heavy atom. The van der Waals surface area contributed by atoms with Crippen LogP contribution in [0, 0.1) is 0 Å². The largest absolute Gasteiger partial charge is 0.459 e. The number of hydrogen-bond acceptors (Lipinski definition) is 5. The van der Waals surface area contributed by atoms with E-state index in [1.807, 2.05) is 0 Å². The molecule has 0 atom stereocenters. The minimum atomic E-state index is -0.600. The highest BCUT2D eigenvalue weighted by atomic mass is 17.2. The van der Waals surface area contributed by atoms with Crippen LogP contribution in [0.4, 0.5) is 0 Å². The predicted octanol–water partition coefficient (Wildman–Crippen LogP) is 2.75. The van der Waals surface area contributed by atoms with Gasteiger partial charge in [0.05, 0.1) is 23.3 Å². The fourth-order valence-corrected chi connectivity index (χ4v) is 1.21. The first kappa shape index (κ1) is 15.2. The van der Waals surface area contributed by atoms with E-state index in [2.05, 4.69) is 4.89 Å². The van der Waals surface area contributed by atoms with Gasteiger partial charge in [0.2, 0.25) is 0 Å². The van der Waals surface area contributed by atoms with Crippen LogP contribution in [0.5, 0.6) is 0 Å². The predicted molar refractivity (Wildman–Crippen MR) is 68.6 cm³/mol. The summed E-state index contributed by atoms with van der Waals surface area (Å²) in [5.41, 5.74) is 0.691. The lowest BCUT2D eigenvalue weighted by molar-refractivity contribution is -0.265. The Kier molecular flexibility index (Phi) is 5.51. The average molecular weight is 266 g/mol. The van der Waals surface area contributed by atoms with Crippen molar-refractivity contribution in [2.24, 2.45) is 0 Å². The third-order valence-corrected chi connectivity index (χ3v) is 2.02. The molecule has 0 N–H and O–H groups in total. The first-order valence-electron chi connectivity index (χ1n) is 6.09. The molecule has 0 spiro atoms. The second-order valence-corrected chi connectivity index (χ2v) is 4.55. The van der Waals surface area contributed by atoms with Gasteiger partial charge in [-0.05, 0) is 52.0 Å². The number of benzene rings is 1. The highest BCUT2D eigenvalue weighted by Gasteiger charge is 2.13. The number of carbonyl (C=O) groups is 2. The van der Waals surface area contributed by atoms with Gasteiger partial charge in [-0.15, -0.1) is 0 Å². The first-order valence-corrected chi connectivity index (χ1v) is 6.09. The number of hydrogen-bond donors (Lipinski definition) is 0. The summed E-state index contributed by atoms with van der Waals surface area (Å²) in [6.45, 7) is 7.04. The lowest BCUT2D eigenvalue weighted by atomic mass is 10.1. The molecule has 1 aromatic carbocycles. The molecule has 0 aliphatic heterocycles. The maximum absolute atomic E-state index is 11.6. The molecule has 19 heavy (non-hydrogen) atoms. The average Bonchev–Trinajstić information content (AvgIpc) is 2.35. The van der Waals surface area contributed by atoms with Crippen molar-refractivity contribution in [2.45, 2.75) is 39.9 Å². The van der Waals surface area contributed by atoms with Crippen LogP contribution < -0.4 is 0 Å². The fourth-order valence-electron chi connectivity index (χ4n) is 1.21. The minimum Gasteiger partial charge on any atom is -0.459 e. The summed E-state index contributed by atoms with van der Waals surface area (Å²) in [4.78, 5) is 32.5. The van der Waals surface area contributed by atoms with Crippen LogP contribution in [0.3, 0.4) is 0 Å². The molecule has 5 heteroatoms. The van der Waals surface area contributed by atoms with E-state index in [1.165, 1.54) is 24.3 Å². The van der Waals surface area contributed by atoms with E-state index in [1.54, 1.807) is 27.7 Å². The summed E-state index contributed by atoms with van der Waals surface area (Å²) in [7, 11) is 0. The van der Waals surface area contributed by atoms with Crippen molar-refractivity contribution in [2.75, 3.05) is 0 Å². The lowest BCUT2D eigenvalue weighted by Crippen LogP contribution is -2.13. The van der Waals surface area contributed by atoms with Gasteiger partial charge in [0.25, 0.3) is 0 Å². The Hall–Kier alpha value is -1.88. The molecule has 0 amide bonds. The standard InChI is InChI=1S/C14H18O5/c1-9(2)17-13(15)11-5-7-12(8-6-11)14(16)19-18-10(3)4/h5-10H,1-4H3. The molecule has 0 heterocycles. The molecule has 0 aromatic heterocycles. The summed E-state index contributed by atoms with van der Waals surface area (Å²) >= 11 is 0. The first-order chi connectivity index (χ1) is 8.90. The molecule has 1 rings (SSSR count). The normalized spacial score (nSPS) is 10.6. The van der Waals surface area contributed by atoms with Crippen molar-refractivity contribution in [1.29, 1.82) is 0 Å². The zero-order valence-electron chi connectivity index (χ0n) is 11.5. The second kappa shape index (κ2) is 6.89. The van der Waals surface area contributed by atoms with Crippen LogP contribution in [0.1, 0.15) is 48.4 Å². The second-order valence-electron chi connectivity index (χ2n) is 4.55.